The van der Waals surface area contributed by atoms with Crippen molar-refractivity contribution in [1.29, 1.82) is 0 Å². The average molecular weight is 138 g/mol. The van der Waals surface area contributed by atoms with Crippen molar-refractivity contribution in [2.24, 2.45) is 0 Å². The van der Waals surface area contributed by atoms with Gasteiger partial charge in [0.05, 0.1) is 0 Å². The van der Waals surface area contributed by atoms with Crippen LogP contribution in [-0.4, -0.2) is 8.32 Å². The molecule has 0 aromatic heterocycles. The molecule has 0 heterocycles. The molecule has 50 valence electrons. The Hall–Kier alpha value is 0.774. The van der Waals surface area contributed by atoms with E-state index in [1.54, 1.807) is 0 Å². The zero-order chi connectivity index (χ0) is 6.62. The van der Waals surface area contributed by atoms with Gasteiger partial charge in [0.2, 0.25) is 0 Å². The standard InChI is InChI=1S/C6H15OSi.Li/c1-4-8(7,5-2)6-3;/h4-6H2,1-3H3;/q-1;+1. The first kappa shape index (κ1) is 12.5. The van der Waals surface area contributed by atoms with Gasteiger partial charge in [0, 0.05) is 0 Å². The van der Waals surface area contributed by atoms with Crippen molar-refractivity contribution in [3.8, 4) is 0 Å². The van der Waals surface area contributed by atoms with E-state index in [0.717, 1.165) is 18.1 Å². The van der Waals surface area contributed by atoms with Gasteiger partial charge in [-0.2, -0.15) is 0 Å². The molecule has 0 atom stereocenters. The van der Waals surface area contributed by atoms with Gasteiger partial charge in [0.1, 0.15) is 0 Å². The SMILES string of the molecule is CC[Si]([O-])(CC)CC.[Li+]. The summed E-state index contributed by atoms with van der Waals surface area (Å²) < 4.78 is 0. The van der Waals surface area contributed by atoms with E-state index >= 15 is 0 Å². The summed E-state index contributed by atoms with van der Waals surface area (Å²) in [6.45, 7) is 6.06. The van der Waals surface area contributed by atoms with E-state index in [2.05, 4.69) is 0 Å². The molecule has 0 radical (unpaired) electrons. The van der Waals surface area contributed by atoms with E-state index in [4.69, 9.17) is 0 Å². The third-order valence-corrected chi connectivity index (χ3v) is 5.80. The molecule has 9 heavy (non-hydrogen) atoms. The molecule has 0 aliphatic carbocycles. The fraction of sp³-hybridized carbons (Fsp3) is 1.00. The van der Waals surface area contributed by atoms with Gasteiger partial charge < -0.3 is 4.80 Å². The van der Waals surface area contributed by atoms with Crippen LogP contribution < -0.4 is 23.7 Å². The molecule has 0 spiro atoms. The van der Waals surface area contributed by atoms with Gasteiger partial charge in [0.25, 0.3) is 0 Å². The van der Waals surface area contributed by atoms with Crippen LogP contribution in [0.3, 0.4) is 0 Å². The van der Waals surface area contributed by atoms with Gasteiger partial charge >= 0.3 is 18.9 Å². The summed E-state index contributed by atoms with van der Waals surface area (Å²) in [4.78, 5) is 11.3. The Kier molecular flexibility index (Phi) is 7.68. The first-order valence-electron chi connectivity index (χ1n) is 3.39. The van der Waals surface area contributed by atoms with E-state index in [-0.39, 0.29) is 18.9 Å². The van der Waals surface area contributed by atoms with Crippen LogP contribution in [0, 0.1) is 0 Å². The van der Waals surface area contributed by atoms with Crippen molar-refractivity contribution in [2.75, 3.05) is 0 Å². The Morgan fingerprint density at radius 3 is 1.22 bits per heavy atom. The molecule has 3 heteroatoms. The average Bonchev–Trinajstić information content (AvgIpc) is 1.87. The molecule has 0 saturated carbocycles. The molecule has 0 saturated heterocycles. The Morgan fingerprint density at radius 2 is 1.22 bits per heavy atom. The Bertz CT molecular complexity index is 55.8. The molecule has 0 aromatic rings. The minimum absolute atomic E-state index is 0. The molecule has 0 amide bonds. The van der Waals surface area contributed by atoms with Crippen LogP contribution in [0.5, 0.6) is 0 Å². The monoisotopic (exact) mass is 138 g/mol. The third kappa shape index (κ3) is 4.21. The van der Waals surface area contributed by atoms with E-state index in [0.29, 0.717) is 0 Å². The maximum Gasteiger partial charge on any atom is 1.00 e. The van der Waals surface area contributed by atoms with Crippen molar-refractivity contribution in [3.63, 3.8) is 0 Å². The van der Waals surface area contributed by atoms with Gasteiger partial charge in [0.15, 0.2) is 0 Å². The molecule has 0 unspecified atom stereocenters. The number of hydrogen-bond donors (Lipinski definition) is 0. The molecule has 0 N–H and O–H groups in total. The van der Waals surface area contributed by atoms with Gasteiger partial charge in [-0.1, -0.05) is 38.9 Å². The van der Waals surface area contributed by atoms with E-state index in [1.165, 1.54) is 0 Å². The Balaban J connectivity index is 0. The molecule has 0 aliphatic heterocycles. The molecule has 0 aliphatic rings. The summed E-state index contributed by atoms with van der Waals surface area (Å²) in [6.07, 6.45) is 0. The van der Waals surface area contributed by atoms with Crippen LogP contribution in [0.25, 0.3) is 0 Å². The zero-order valence-corrected chi connectivity index (χ0v) is 8.03. The second-order valence-corrected chi connectivity index (χ2v) is 6.73. The van der Waals surface area contributed by atoms with Crippen LogP contribution in [-0.2, 0) is 0 Å². The van der Waals surface area contributed by atoms with Crippen LogP contribution >= 0.6 is 0 Å². The summed E-state index contributed by atoms with van der Waals surface area (Å²) in [5.74, 6) is 0. The van der Waals surface area contributed by atoms with Crippen LogP contribution in [0.15, 0.2) is 0 Å². The zero-order valence-electron chi connectivity index (χ0n) is 7.03. The molecule has 0 rings (SSSR count). The number of rotatable bonds is 3. The second-order valence-electron chi connectivity index (χ2n) is 2.24. The van der Waals surface area contributed by atoms with Gasteiger partial charge in [-0.15, -0.1) is 0 Å². The smallest absolute Gasteiger partial charge is 0.858 e. The minimum Gasteiger partial charge on any atom is -0.858 e. The van der Waals surface area contributed by atoms with Crippen molar-refractivity contribution >= 4 is 8.32 Å². The van der Waals surface area contributed by atoms with Crippen LogP contribution in [0.4, 0.5) is 0 Å². The molecule has 0 bridgehead atoms. The second kappa shape index (κ2) is 5.55. The molecule has 0 aromatic carbocycles. The quantitative estimate of drug-likeness (QED) is 0.429. The summed E-state index contributed by atoms with van der Waals surface area (Å²) in [6, 6.07) is 2.71. The number of hydrogen-bond acceptors (Lipinski definition) is 1. The first-order chi connectivity index (χ1) is 3.68. The van der Waals surface area contributed by atoms with Crippen LogP contribution in [0.2, 0.25) is 18.1 Å². The van der Waals surface area contributed by atoms with Crippen molar-refractivity contribution in [2.45, 2.75) is 38.9 Å². The maximum absolute atomic E-state index is 11.3. The molecular formula is C6H15LiOSi. The summed E-state index contributed by atoms with van der Waals surface area (Å²) in [5.41, 5.74) is 0. The largest absolute Gasteiger partial charge is 1.00 e. The first-order valence-corrected chi connectivity index (χ1v) is 5.92. The Labute approximate surface area is 71.2 Å². The van der Waals surface area contributed by atoms with Crippen molar-refractivity contribution in [3.05, 3.63) is 0 Å². The predicted octanol–water partition coefficient (Wildman–Crippen LogP) is -1.64. The Morgan fingerprint density at radius 1 is 1.00 bits per heavy atom. The van der Waals surface area contributed by atoms with Gasteiger partial charge in [-0.3, -0.25) is 0 Å². The van der Waals surface area contributed by atoms with E-state index in [9.17, 15) is 4.80 Å². The normalized spacial score (nSPS) is 10.7. The topological polar surface area (TPSA) is 23.1 Å². The molecular weight excluding hydrogens is 123 g/mol. The minimum atomic E-state index is -1.92. The molecule has 0 fully saturated rings. The molecule has 1 nitrogen and oxygen atoms in total. The third-order valence-electron chi connectivity index (χ3n) is 1.93. The van der Waals surface area contributed by atoms with Crippen molar-refractivity contribution < 1.29 is 23.7 Å². The van der Waals surface area contributed by atoms with E-state index < -0.39 is 8.32 Å². The van der Waals surface area contributed by atoms with Crippen molar-refractivity contribution in [1.82, 2.24) is 0 Å². The van der Waals surface area contributed by atoms with Crippen LogP contribution in [0.1, 0.15) is 20.8 Å². The fourth-order valence-corrected chi connectivity index (χ4v) is 2.25. The summed E-state index contributed by atoms with van der Waals surface area (Å²) in [7, 11) is -1.92. The van der Waals surface area contributed by atoms with Gasteiger partial charge in [-0.25, -0.2) is 0 Å². The summed E-state index contributed by atoms with van der Waals surface area (Å²) >= 11 is 0. The predicted molar refractivity (Wildman–Crippen MR) is 37.2 cm³/mol. The van der Waals surface area contributed by atoms with Gasteiger partial charge in [-0.05, 0) is 8.32 Å². The fourth-order valence-electron chi connectivity index (χ4n) is 0.750. The van der Waals surface area contributed by atoms with E-state index in [1.807, 2.05) is 20.8 Å². The summed E-state index contributed by atoms with van der Waals surface area (Å²) in [5, 5.41) is 0. The maximum atomic E-state index is 11.3.